The molecule has 0 saturated carbocycles. The third-order valence-electron chi connectivity index (χ3n) is 2.75. The number of amides is 1. The summed E-state index contributed by atoms with van der Waals surface area (Å²) < 4.78 is 5.47. The molecule has 1 heterocycles. The number of rotatable bonds is 6. The Kier molecular flexibility index (Phi) is 5.60. The van der Waals surface area contributed by atoms with Crippen molar-refractivity contribution in [2.45, 2.75) is 24.3 Å². The van der Waals surface area contributed by atoms with Gasteiger partial charge in [0.15, 0.2) is 5.16 Å². The van der Waals surface area contributed by atoms with Gasteiger partial charge in [0.2, 0.25) is 5.91 Å². The number of H-pyrrole nitrogens is 1. The molecule has 7 heteroatoms. The zero-order valence-electron chi connectivity index (χ0n) is 12.3. The lowest BCUT2D eigenvalue weighted by Crippen LogP contribution is -2.23. The molecule has 0 fully saturated rings. The minimum absolute atomic E-state index is 0.191. The first-order valence-electron chi connectivity index (χ1n) is 6.85. The molecule has 6 nitrogen and oxygen atoms in total. The van der Waals surface area contributed by atoms with Crippen molar-refractivity contribution in [1.82, 2.24) is 9.97 Å². The summed E-state index contributed by atoms with van der Waals surface area (Å²) in [7, 11) is 0. The SMILES string of the molecule is CCOc1ccccc1NC(=O)[C@@H](C)Sc1nccc(=O)[nH]1. The minimum Gasteiger partial charge on any atom is -0.492 e. The number of para-hydroxylation sites is 2. The Hall–Kier alpha value is -2.28. The Morgan fingerprint density at radius 1 is 1.41 bits per heavy atom. The highest BCUT2D eigenvalue weighted by atomic mass is 32.2. The highest BCUT2D eigenvalue weighted by Crippen LogP contribution is 2.25. The second-order valence-corrected chi connectivity index (χ2v) is 5.75. The average molecular weight is 319 g/mol. The summed E-state index contributed by atoms with van der Waals surface area (Å²) in [6.45, 7) is 4.15. The van der Waals surface area contributed by atoms with Gasteiger partial charge in [-0.3, -0.25) is 9.59 Å². The number of carbonyl (C=O) groups excluding carboxylic acids is 1. The second-order valence-electron chi connectivity index (χ2n) is 4.42. The summed E-state index contributed by atoms with van der Waals surface area (Å²) in [5.41, 5.74) is 0.378. The van der Waals surface area contributed by atoms with Crippen LogP contribution in [-0.2, 0) is 4.79 Å². The predicted molar refractivity (Wildman–Crippen MR) is 86.4 cm³/mol. The Labute approximate surface area is 132 Å². The number of ether oxygens (including phenoxy) is 1. The van der Waals surface area contributed by atoms with Crippen LogP contribution >= 0.6 is 11.8 Å². The first kappa shape index (κ1) is 16.1. The molecular formula is C15H17N3O3S. The normalized spacial score (nSPS) is 11.7. The van der Waals surface area contributed by atoms with Gasteiger partial charge < -0.3 is 15.0 Å². The van der Waals surface area contributed by atoms with E-state index in [0.29, 0.717) is 23.2 Å². The minimum atomic E-state index is -0.416. The van der Waals surface area contributed by atoms with Crippen LogP contribution in [-0.4, -0.2) is 27.7 Å². The summed E-state index contributed by atoms with van der Waals surface area (Å²) in [5.74, 6) is 0.436. The van der Waals surface area contributed by atoms with Crippen molar-refractivity contribution in [3.05, 3.63) is 46.9 Å². The van der Waals surface area contributed by atoms with Crippen molar-refractivity contribution in [3.63, 3.8) is 0 Å². The Morgan fingerprint density at radius 3 is 2.91 bits per heavy atom. The lowest BCUT2D eigenvalue weighted by Gasteiger charge is -2.14. The average Bonchev–Trinajstić information content (AvgIpc) is 2.49. The third kappa shape index (κ3) is 4.36. The number of benzene rings is 1. The summed E-state index contributed by atoms with van der Waals surface area (Å²) in [6.07, 6.45) is 1.41. The standard InChI is InChI=1S/C15H17N3O3S/c1-3-21-12-7-5-4-6-11(12)17-14(20)10(2)22-15-16-9-8-13(19)18-15/h4-10H,3H2,1-2H3,(H,17,20)(H,16,18,19)/t10-/m1/s1. The third-order valence-corrected chi connectivity index (χ3v) is 3.75. The highest BCUT2D eigenvalue weighted by Gasteiger charge is 2.17. The number of nitrogens with zero attached hydrogens (tertiary/aromatic N) is 1. The van der Waals surface area contributed by atoms with E-state index < -0.39 is 5.25 Å². The first-order valence-corrected chi connectivity index (χ1v) is 7.72. The van der Waals surface area contributed by atoms with E-state index in [1.165, 1.54) is 24.0 Å². The molecule has 0 aliphatic heterocycles. The molecule has 22 heavy (non-hydrogen) atoms. The summed E-state index contributed by atoms with van der Waals surface area (Å²) in [4.78, 5) is 30.1. The molecule has 1 aromatic heterocycles. The van der Waals surface area contributed by atoms with E-state index in [4.69, 9.17) is 4.74 Å². The Bertz CT molecular complexity index is 702. The highest BCUT2D eigenvalue weighted by molar-refractivity contribution is 8.00. The van der Waals surface area contributed by atoms with Crippen molar-refractivity contribution in [2.24, 2.45) is 0 Å². The Morgan fingerprint density at radius 2 is 2.18 bits per heavy atom. The van der Waals surface area contributed by atoms with Crippen LogP contribution in [0.25, 0.3) is 0 Å². The zero-order valence-corrected chi connectivity index (χ0v) is 13.1. The molecule has 0 saturated heterocycles. The molecular weight excluding hydrogens is 302 g/mol. The van der Waals surface area contributed by atoms with Crippen LogP contribution in [0.5, 0.6) is 5.75 Å². The maximum atomic E-state index is 12.3. The summed E-state index contributed by atoms with van der Waals surface area (Å²) in [6, 6.07) is 8.58. The monoisotopic (exact) mass is 319 g/mol. The molecule has 116 valence electrons. The van der Waals surface area contributed by atoms with Gasteiger partial charge in [-0.25, -0.2) is 4.98 Å². The van der Waals surface area contributed by atoms with Gasteiger partial charge in [-0.05, 0) is 26.0 Å². The van der Waals surface area contributed by atoms with Crippen LogP contribution in [0.15, 0.2) is 46.5 Å². The lowest BCUT2D eigenvalue weighted by molar-refractivity contribution is -0.115. The van der Waals surface area contributed by atoms with Crippen LogP contribution in [0.4, 0.5) is 5.69 Å². The molecule has 2 rings (SSSR count). The van der Waals surface area contributed by atoms with E-state index in [0.717, 1.165) is 0 Å². The van der Waals surface area contributed by atoms with Crippen molar-refractivity contribution in [3.8, 4) is 5.75 Å². The van der Waals surface area contributed by atoms with E-state index in [9.17, 15) is 9.59 Å². The number of hydrogen-bond acceptors (Lipinski definition) is 5. The van der Waals surface area contributed by atoms with Crippen LogP contribution in [0.3, 0.4) is 0 Å². The first-order chi connectivity index (χ1) is 10.6. The topological polar surface area (TPSA) is 84.1 Å². The number of anilines is 1. The second kappa shape index (κ2) is 7.65. The molecule has 1 aromatic carbocycles. The fourth-order valence-corrected chi connectivity index (χ4v) is 2.50. The molecule has 0 radical (unpaired) electrons. The molecule has 0 spiro atoms. The molecule has 0 aliphatic carbocycles. The summed E-state index contributed by atoms with van der Waals surface area (Å²) >= 11 is 1.18. The quantitative estimate of drug-likeness (QED) is 0.630. The number of thioether (sulfide) groups is 1. The number of aromatic nitrogens is 2. The van der Waals surface area contributed by atoms with Crippen LogP contribution in [0.2, 0.25) is 0 Å². The largest absolute Gasteiger partial charge is 0.492 e. The fraction of sp³-hybridized carbons (Fsp3) is 0.267. The van der Waals surface area contributed by atoms with Gasteiger partial charge in [0, 0.05) is 12.3 Å². The van der Waals surface area contributed by atoms with Gasteiger partial charge in [-0.2, -0.15) is 0 Å². The van der Waals surface area contributed by atoms with Crippen LogP contribution < -0.4 is 15.6 Å². The van der Waals surface area contributed by atoms with E-state index in [2.05, 4.69) is 15.3 Å². The molecule has 0 unspecified atom stereocenters. The van der Waals surface area contributed by atoms with Crippen molar-refractivity contribution in [2.75, 3.05) is 11.9 Å². The van der Waals surface area contributed by atoms with Gasteiger partial charge in [0.05, 0.1) is 17.5 Å². The van der Waals surface area contributed by atoms with E-state index >= 15 is 0 Å². The van der Waals surface area contributed by atoms with E-state index in [1.807, 2.05) is 19.1 Å². The molecule has 1 amide bonds. The molecule has 0 bridgehead atoms. The van der Waals surface area contributed by atoms with Crippen molar-refractivity contribution < 1.29 is 9.53 Å². The molecule has 1 atom stereocenters. The van der Waals surface area contributed by atoms with E-state index in [-0.39, 0.29) is 11.5 Å². The van der Waals surface area contributed by atoms with Crippen molar-refractivity contribution in [1.29, 1.82) is 0 Å². The maximum absolute atomic E-state index is 12.3. The maximum Gasteiger partial charge on any atom is 0.251 e. The number of aromatic amines is 1. The Balaban J connectivity index is 2.04. The summed E-state index contributed by atoms with van der Waals surface area (Å²) in [5, 5.41) is 2.82. The predicted octanol–water partition coefficient (Wildman–Crippen LogP) is 2.29. The number of carbonyl (C=O) groups is 1. The van der Waals surface area contributed by atoms with Gasteiger partial charge in [-0.1, -0.05) is 23.9 Å². The number of nitrogens with one attached hydrogen (secondary N) is 2. The molecule has 0 aliphatic rings. The van der Waals surface area contributed by atoms with Gasteiger partial charge in [-0.15, -0.1) is 0 Å². The van der Waals surface area contributed by atoms with Crippen molar-refractivity contribution >= 4 is 23.4 Å². The number of hydrogen-bond donors (Lipinski definition) is 2. The van der Waals surface area contributed by atoms with E-state index in [1.54, 1.807) is 19.1 Å². The molecule has 2 N–H and O–H groups in total. The lowest BCUT2D eigenvalue weighted by atomic mass is 10.3. The molecule has 2 aromatic rings. The van der Waals surface area contributed by atoms with Crippen LogP contribution in [0, 0.1) is 0 Å². The smallest absolute Gasteiger partial charge is 0.251 e. The van der Waals surface area contributed by atoms with Gasteiger partial charge >= 0.3 is 0 Å². The fourth-order valence-electron chi connectivity index (χ4n) is 1.72. The van der Waals surface area contributed by atoms with Gasteiger partial charge in [0.1, 0.15) is 5.75 Å². The van der Waals surface area contributed by atoms with Gasteiger partial charge in [0.25, 0.3) is 5.56 Å². The van der Waals surface area contributed by atoms with Crippen LogP contribution in [0.1, 0.15) is 13.8 Å². The zero-order chi connectivity index (χ0) is 15.9.